The molecule has 0 saturated carbocycles. The van der Waals surface area contributed by atoms with Gasteiger partial charge >= 0.3 is 0 Å². The fraction of sp³-hybridized carbons (Fsp3) is 0.308. The molecule has 0 aliphatic carbocycles. The molecule has 1 aliphatic rings. The van der Waals surface area contributed by atoms with Crippen molar-refractivity contribution in [2.75, 3.05) is 25.0 Å². The maximum atomic E-state index is 13.2. The zero-order valence-corrected chi connectivity index (χ0v) is 20.7. The van der Waals surface area contributed by atoms with Crippen LogP contribution in [0.4, 0.5) is 5.00 Å². The molecule has 1 aromatic heterocycles. The van der Waals surface area contributed by atoms with Crippen LogP contribution in [0.15, 0.2) is 54.6 Å². The number of carbonyl (C=O) groups excluding carboxylic acids is 2. The first-order valence-electron chi connectivity index (χ1n) is 11.3. The number of aryl methyl sites for hydroxylation is 1. The summed E-state index contributed by atoms with van der Waals surface area (Å²) in [5.41, 5.74) is 1.24. The lowest BCUT2D eigenvalue weighted by Crippen LogP contribution is -2.41. The van der Waals surface area contributed by atoms with Crippen LogP contribution in [0.25, 0.3) is 0 Å². The quantitative estimate of drug-likeness (QED) is 0.431. The van der Waals surface area contributed by atoms with Gasteiger partial charge in [-0.3, -0.25) is 9.59 Å². The average Bonchev–Trinajstić information content (AvgIpc) is 3.20. The summed E-state index contributed by atoms with van der Waals surface area (Å²) in [6.45, 7) is 5.63. The van der Waals surface area contributed by atoms with Crippen molar-refractivity contribution >= 4 is 39.8 Å². The summed E-state index contributed by atoms with van der Waals surface area (Å²) in [5, 5.41) is 3.87. The number of anilines is 1. The van der Waals surface area contributed by atoms with Crippen molar-refractivity contribution in [2.45, 2.75) is 32.8 Å². The van der Waals surface area contributed by atoms with Gasteiger partial charge in [-0.15, -0.1) is 11.3 Å². The van der Waals surface area contributed by atoms with Gasteiger partial charge in [0.2, 0.25) is 0 Å². The minimum absolute atomic E-state index is 0.0195. The Morgan fingerprint density at radius 1 is 1.09 bits per heavy atom. The summed E-state index contributed by atoms with van der Waals surface area (Å²) >= 11 is 7.41. The van der Waals surface area contributed by atoms with E-state index in [1.54, 1.807) is 24.3 Å². The Balaban J connectivity index is 1.36. The highest BCUT2D eigenvalue weighted by atomic mass is 35.5. The van der Waals surface area contributed by atoms with Crippen LogP contribution >= 0.6 is 22.9 Å². The minimum Gasteiger partial charge on any atom is -0.490 e. The molecule has 0 atom stereocenters. The summed E-state index contributed by atoms with van der Waals surface area (Å²) in [6.07, 6.45) is 1.51. The number of piperidine rings is 1. The number of likely N-dealkylation sites (tertiary alicyclic amines) is 1. The lowest BCUT2D eigenvalue weighted by molar-refractivity contribution is 0.0593. The molecule has 1 aliphatic heterocycles. The largest absolute Gasteiger partial charge is 0.490 e. The van der Waals surface area contributed by atoms with E-state index in [9.17, 15) is 9.59 Å². The van der Waals surface area contributed by atoms with Crippen molar-refractivity contribution in [3.8, 4) is 11.5 Å². The van der Waals surface area contributed by atoms with Crippen LogP contribution in [-0.2, 0) is 0 Å². The van der Waals surface area contributed by atoms with E-state index in [4.69, 9.17) is 21.1 Å². The molecule has 4 rings (SSSR count). The molecule has 34 heavy (non-hydrogen) atoms. The van der Waals surface area contributed by atoms with Crippen molar-refractivity contribution in [1.82, 2.24) is 4.90 Å². The van der Waals surface area contributed by atoms with E-state index in [0.29, 0.717) is 40.2 Å². The third-order valence-corrected chi connectivity index (χ3v) is 7.11. The van der Waals surface area contributed by atoms with Crippen LogP contribution in [0.1, 0.15) is 45.4 Å². The maximum absolute atomic E-state index is 13.2. The first-order valence-corrected chi connectivity index (χ1v) is 12.5. The summed E-state index contributed by atoms with van der Waals surface area (Å²) in [5.74, 6) is 1.16. The summed E-state index contributed by atoms with van der Waals surface area (Å²) in [7, 11) is 0. The van der Waals surface area contributed by atoms with Crippen LogP contribution in [-0.4, -0.2) is 42.5 Å². The van der Waals surface area contributed by atoms with E-state index in [1.165, 1.54) is 11.3 Å². The topological polar surface area (TPSA) is 67.9 Å². The van der Waals surface area contributed by atoms with E-state index in [0.717, 1.165) is 29.9 Å². The SMILES string of the molecule is CCOc1ccccc1OC1CCN(C(=O)c2sc(NC(=O)c3ccccc3Cl)cc2C)CC1. The van der Waals surface area contributed by atoms with Crippen LogP contribution in [0.3, 0.4) is 0 Å². The average molecular weight is 499 g/mol. The number of rotatable bonds is 7. The van der Waals surface area contributed by atoms with Gasteiger partial charge < -0.3 is 19.7 Å². The van der Waals surface area contributed by atoms with Crippen LogP contribution < -0.4 is 14.8 Å². The number of halogens is 1. The predicted molar refractivity (Wildman–Crippen MR) is 136 cm³/mol. The molecule has 2 amide bonds. The Labute approximate surface area is 208 Å². The first-order chi connectivity index (χ1) is 16.5. The van der Waals surface area contributed by atoms with Gasteiger partial charge in [0.05, 0.1) is 27.1 Å². The highest BCUT2D eigenvalue weighted by Gasteiger charge is 2.27. The van der Waals surface area contributed by atoms with Gasteiger partial charge in [0, 0.05) is 25.9 Å². The van der Waals surface area contributed by atoms with E-state index in [2.05, 4.69) is 5.32 Å². The maximum Gasteiger partial charge on any atom is 0.264 e. The highest BCUT2D eigenvalue weighted by molar-refractivity contribution is 7.18. The molecule has 0 radical (unpaired) electrons. The minimum atomic E-state index is -0.295. The fourth-order valence-electron chi connectivity index (χ4n) is 3.90. The Bertz CT molecular complexity index is 1170. The number of thiophene rings is 1. The number of para-hydroxylation sites is 2. The van der Waals surface area contributed by atoms with Gasteiger partial charge in [0.25, 0.3) is 11.8 Å². The van der Waals surface area contributed by atoms with Gasteiger partial charge in [-0.25, -0.2) is 0 Å². The molecule has 8 heteroatoms. The lowest BCUT2D eigenvalue weighted by atomic mass is 10.1. The number of ether oxygens (including phenoxy) is 2. The molecule has 1 saturated heterocycles. The second-order valence-electron chi connectivity index (χ2n) is 8.05. The third kappa shape index (κ3) is 5.54. The van der Waals surface area contributed by atoms with Gasteiger partial charge in [0.15, 0.2) is 11.5 Å². The lowest BCUT2D eigenvalue weighted by Gasteiger charge is -2.32. The molecule has 1 fully saturated rings. The van der Waals surface area contributed by atoms with Gasteiger partial charge in [-0.1, -0.05) is 35.9 Å². The highest BCUT2D eigenvalue weighted by Crippen LogP contribution is 2.32. The van der Waals surface area contributed by atoms with Crippen LogP contribution in [0, 0.1) is 6.92 Å². The molecule has 3 aromatic rings. The third-order valence-electron chi connectivity index (χ3n) is 5.64. The second-order valence-corrected chi connectivity index (χ2v) is 9.51. The number of hydrogen-bond donors (Lipinski definition) is 1. The molecule has 0 spiro atoms. The molecular formula is C26H27ClN2O4S. The Morgan fingerprint density at radius 2 is 1.76 bits per heavy atom. The molecule has 0 bridgehead atoms. The second kappa shape index (κ2) is 10.9. The van der Waals surface area contributed by atoms with Gasteiger partial charge in [0.1, 0.15) is 6.10 Å². The molecule has 1 N–H and O–H groups in total. The molecule has 0 unspecified atom stereocenters. The number of nitrogens with one attached hydrogen (secondary N) is 1. The van der Waals surface area contributed by atoms with Crippen LogP contribution in [0.2, 0.25) is 5.02 Å². The smallest absolute Gasteiger partial charge is 0.264 e. The Morgan fingerprint density at radius 3 is 2.47 bits per heavy atom. The number of nitrogens with zero attached hydrogens (tertiary/aromatic N) is 1. The summed E-state index contributed by atoms with van der Waals surface area (Å²) in [6, 6.07) is 16.4. The van der Waals surface area contributed by atoms with Crippen molar-refractivity contribution in [3.63, 3.8) is 0 Å². The molecular weight excluding hydrogens is 472 g/mol. The van der Waals surface area contributed by atoms with Crippen molar-refractivity contribution in [3.05, 3.63) is 75.6 Å². The predicted octanol–water partition coefficient (Wildman–Crippen LogP) is 6.04. The van der Waals surface area contributed by atoms with E-state index < -0.39 is 0 Å². The number of carbonyl (C=O) groups is 2. The standard InChI is InChI=1S/C26H27ClN2O4S/c1-3-32-21-10-6-7-11-22(21)33-18-12-14-29(15-13-18)26(31)24-17(2)16-23(34-24)28-25(30)19-8-4-5-9-20(19)27/h4-11,16,18H,3,12-15H2,1-2H3,(H,28,30). The molecule has 6 nitrogen and oxygen atoms in total. The zero-order chi connectivity index (χ0) is 24.1. The number of amides is 2. The molecule has 2 aromatic carbocycles. The Kier molecular flexibility index (Phi) is 7.75. The van der Waals surface area contributed by atoms with Crippen molar-refractivity contribution < 1.29 is 19.1 Å². The van der Waals surface area contributed by atoms with Crippen LogP contribution in [0.5, 0.6) is 11.5 Å². The molecule has 2 heterocycles. The first kappa shape index (κ1) is 24.1. The summed E-state index contributed by atoms with van der Waals surface area (Å²) in [4.78, 5) is 28.2. The fourth-order valence-corrected chi connectivity index (χ4v) is 5.16. The Hall–Kier alpha value is -3.03. The van der Waals surface area contributed by atoms with E-state index >= 15 is 0 Å². The zero-order valence-electron chi connectivity index (χ0n) is 19.2. The molecule has 178 valence electrons. The number of benzene rings is 2. The summed E-state index contributed by atoms with van der Waals surface area (Å²) < 4.78 is 11.8. The van der Waals surface area contributed by atoms with Crippen molar-refractivity contribution in [1.29, 1.82) is 0 Å². The monoisotopic (exact) mass is 498 g/mol. The van der Waals surface area contributed by atoms with Crippen molar-refractivity contribution in [2.24, 2.45) is 0 Å². The normalized spacial score (nSPS) is 14.0. The van der Waals surface area contributed by atoms with Gasteiger partial charge in [-0.05, 0) is 49.7 Å². The van der Waals surface area contributed by atoms with E-state index in [-0.39, 0.29) is 17.9 Å². The number of hydrogen-bond acceptors (Lipinski definition) is 5. The van der Waals surface area contributed by atoms with Gasteiger partial charge in [-0.2, -0.15) is 0 Å². The van der Waals surface area contributed by atoms with E-state index in [1.807, 2.05) is 49.1 Å².